The van der Waals surface area contributed by atoms with Gasteiger partial charge in [0.05, 0.1) is 12.3 Å². The summed E-state index contributed by atoms with van der Waals surface area (Å²) >= 11 is 0. The normalized spacial score (nSPS) is 10.9. The molecule has 3 aromatic rings. The quantitative estimate of drug-likeness (QED) is 0.301. The third kappa shape index (κ3) is 7.65. The summed E-state index contributed by atoms with van der Waals surface area (Å²) in [5.41, 5.74) is 6.10. The molecular formula is C26H27FN4O5S. The molecule has 0 saturated carbocycles. The number of carbonyl (C=O) groups is 1. The van der Waals surface area contributed by atoms with E-state index in [0.29, 0.717) is 30.0 Å². The van der Waals surface area contributed by atoms with Crippen molar-refractivity contribution in [1.82, 2.24) is 14.7 Å². The van der Waals surface area contributed by atoms with Gasteiger partial charge in [-0.2, -0.15) is 8.42 Å². The highest BCUT2D eigenvalue weighted by Crippen LogP contribution is 2.28. The molecule has 3 N–H and O–H groups in total. The van der Waals surface area contributed by atoms with Crippen molar-refractivity contribution in [2.24, 2.45) is 5.92 Å². The molecule has 2 aromatic heterocycles. The van der Waals surface area contributed by atoms with Crippen molar-refractivity contribution in [1.29, 1.82) is 0 Å². The van der Waals surface area contributed by atoms with Gasteiger partial charge >= 0.3 is 0 Å². The second-order valence-corrected chi connectivity index (χ2v) is 9.92. The third-order valence-corrected chi connectivity index (χ3v) is 5.98. The monoisotopic (exact) mass is 526 g/mol. The molecule has 1 aromatic carbocycles. The van der Waals surface area contributed by atoms with Gasteiger partial charge < -0.3 is 15.2 Å². The van der Waals surface area contributed by atoms with Gasteiger partial charge in [-0.15, -0.1) is 11.8 Å². The highest BCUT2D eigenvalue weighted by Gasteiger charge is 2.24. The Labute approximate surface area is 215 Å². The lowest BCUT2D eigenvalue weighted by Crippen LogP contribution is -2.31. The predicted molar refractivity (Wildman–Crippen MR) is 137 cm³/mol. The minimum atomic E-state index is -4.33. The van der Waals surface area contributed by atoms with Crippen molar-refractivity contribution >= 4 is 21.7 Å². The minimum Gasteiger partial charge on any atom is -0.493 e. The number of nitrogen functional groups attached to an aromatic ring is 1. The Kier molecular flexibility index (Phi) is 9.03. The number of aromatic nitrogens is 2. The van der Waals surface area contributed by atoms with E-state index in [-0.39, 0.29) is 29.8 Å². The zero-order chi connectivity index (χ0) is 27.0. The van der Waals surface area contributed by atoms with Crippen molar-refractivity contribution in [3.8, 4) is 34.7 Å². The van der Waals surface area contributed by atoms with Gasteiger partial charge in [0.1, 0.15) is 29.6 Å². The van der Waals surface area contributed by atoms with E-state index in [0.717, 1.165) is 0 Å². The zero-order valence-electron chi connectivity index (χ0n) is 20.6. The molecule has 2 heterocycles. The first-order valence-electron chi connectivity index (χ1n) is 11.4. The molecule has 0 bridgehead atoms. The van der Waals surface area contributed by atoms with Crippen LogP contribution >= 0.6 is 0 Å². The molecule has 3 rings (SSSR count). The average molecular weight is 527 g/mol. The summed E-state index contributed by atoms with van der Waals surface area (Å²) in [6, 6.07) is 11.0. The van der Waals surface area contributed by atoms with Crippen LogP contribution in [0.1, 0.15) is 37.6 Å². The Balaban J connectivity index is 1.95. The van der Waals surface area contributed by atoms with E-state index >= 15 is 0 Å². The molecular weight excluding hydrogens is 499 g/mol. The van der Waals surface area contributed by atoms with Gasteiger partial charge in [-0.3, -0.25) is 4.79 Å². The fourth-order valence-corrected chi connectivity index (χ4v) is 4.02. The van der Waals surface area contributed by atoms with Gasteiger partial charge in [0.15, 0.2) is 5.03 Å². The molecule has 0 atom stereocenters. The Hall–Kier alpha value is -4.17. The van der Waals surface area contributed by atoms with Crippen LogP contribution in [0.25, 0.3) is 11.3 Å². The average Bonchev–Trinajstić information content (AvgIpc) is 2.84. The number of rotatable bonds is 10. The predicted octanol–water partition coefficient (Wildman–Crippen LogP) is 3.81. The molecule has 0 spiro atoms. The number of carbonyl (C=O) groups excluding carboxylic acids is 1. The van der Waals surface area contributed by atoms with Crippen LogP contribution in [0.2, 0.25) is 0 Å². The summed E-state index contributed by atoms with van der Waals surface area (Å²) in [6.45, 7) is 6.11. The standard InChI is InChI=1S/C26H27FN4O5S/c1-4-5-6-12-35-26-21(25(32)31-37(33,34)24-9-7-8-23(28)30-24)10-11-22(29-26)18-13-19(27)15-20(14-18)36-16-17(2)3/h7-11,13-15,17H,6,12,16H2,1-3H3,(H2,28,30)(H,31,32). The molecule has 0 aliphatic heterocycles. The van der Waals surface area contributed by atoms with E-state index in [9.17, 15) is 17.6 Å². The van der Waals surface area contributed by atoms with Crippen LogP contribution in [-0.4, -0.2) is 37.5 Å². The van der Waals surface area contributed by atoms with Crippen molar-refractivity contribution in [2.45, 2.75) is 32.2 Å². The Morgan fingerprint density at radius 2 is 1.92 bits per heavy atom. The van der Waals surface area contributed by atoms with E-state index in [1.807, 2.05) is 18.6 Å². The third-order valence-electron chi connectivity index (χ3n) is 4.75. The number of hydrogen-bond acceptors (Lipinski definition) is 8. The van der Waals surface area contributed by atoms with Crippen molar-refractivity contribution < 1.29 is 27.1 Å². The largest absolute Gasteiger partial charge is 0.493 e. The first-order chi connectivity index (χ1) is 17.6. The van der Waals surface area contributed by atoms with Gasteiger partial charge in [0.2, 0.25) is 5.88 Å². The molecule has 9 nitrogen and oxygen atoms in total. The molecule has 0 radical (unpaired) electrons. The van der Waals surface area contributed by atoms with Gasteiger partial charge in [-0.25, -0.2) is 19.1 Å². The molecule has 1 amide bonds. The lowest BCUT2D eigenvalue weighted by Gasteiger charge is -2.13. The highest BCUT2D eigenvalue weighted by molar-refractivity contribution is 7.90. The number of benzene rings is 1. The Bertz CT molecular complexity index is 1450. The van der Waals surface area contributed by atoms with E-state index in [1.54, 1.807) is 13.0 Å². The summed E-state index contributed by atoms with van der Waals surface area (Å²) in [4.78, 5) is 21.1. The van der Waals surface area contributed by atoms with Crippen LogP contribution in [0.3, 0.4) is 0 Å². The Morgan fingerprint density at radius 3 is 2.62 bits per heavy atom. The second-order valence-electron chi connectivity index (χ2n) is 8.29. The van der Waals surface area contributed by atoms with Crippen LogP contribution in [0.15, 0.2) is 53.6 Å². The number of nitrogens with one attached hydrogen (secondary N) is 1. The van der Waals surface area contributed by atoms with E-state index in [2.05, 4.69) is 21.8 Å². The molecule has 11 heteroatoms. The van der Waals surface area contributed by atoms with Gasteiger partial charge in [0, 0.05) is 18.1 Å². The number of halogens is 1. The van der Waals surface area contributed by atoms with Crippen LogP contribution in [0.4, 0.5) is 10.2 Å². The van der Waals surface area contributed by atoms with Gasteiger partial charge in [0.25, 0.3) is 15.9 Å². The summed E-state index contributed by atoms with van der Waals surface area (Å²) in [7, 11) is -4.33. The fraction of sp³-hybridized carbons (Fsp3) is 0.269. The van der Waals surface area contributed by atoms with Crippen molar-refractivity contribution in [3.63, 3.8) is 0 Å². The number of sulfonamides is 1. The van der Waals surface area contributed by atoms with Crippen LogP contribution in [0, 0.1) is 23.6 Å². The number of ether oxygens (including phenoxy) is 2. The van der Waals surface area contributed by atoms with Crippen molar-refractivity contribution in [2.75, 3.05) is 18.9 Å². The molecule has 0 aliphatic carbocycles. The number of anilines is 1. The maximum absolute atomic E-state index is 14.3. The number of nitrogens with two attached hydrogens (primary N) is 1. The second kappa shape index (κ2) is 12.2. The first kappa shape index (κ1) is 27.4. The van der Waals surface area contributed by atoms with Crippen LogP contribution in [-0.2, 0) is 10.0 Å². The molecule has 0 saturated heterocycles. The number of nitrogens with zero attached hydrogens (tertiary/aromatic N) is 2. The lowest BCUT2D eigenvalue weighted by atomic mass is 10.1. The molecule has 0 fully saturated rings. The van der Waals surface area contributed by atoms with E-state index < -0.39 is 26.8 Å². The minimum absolute atomic E-state index is 0.0192. The summed E-state index contributed by atoms with van der Waals surface area (Å²) in [5, 5.41) is -0.417. The van der Waals surface area contributed by atoms with Crippen molar-refractivity contribution in [3.05, 3.63) is 59.9 Å². The van der Waals surface area contributed by atoms with E-state index in [4.69, 9.17) is 15.2 Å². The molecule has 0 aliphatic rings. The Morgan fingerprint density at radius 1 is 1.14 bits per heavy atom. The zero-order valence-corrected chi connectivity index (χ0v) is 21.4. The van der Waals surface area contributed by atoms with E-state index in [1.165, 1.54) is 42.5 Å². The fourth-order valence-electron chi connectivity index (χ4n) is 3.07. The summed E-state index contributed by atoms with van der Waals surface area (Å²) in [6.07, 6.45) is 0.349. The van der Waals surface area contributed by atoms with Crippen LogP contribution in [0.5, 0.6) is 11.6 Å². The maximum Gasteiger partial charge on any atom is 0.281 e. The number of hydrogen-bond donors (Lipinski definition) is 2. The maximum atomic E-state index is 14.3. The topological polar surface area (TPSA) is 134 Å². The number of amides is 1. The number of pyridine rings is 2. The lowest BCUT2D eigenvalue weighted by molar-refractivity contribution is 0.0976. The SMILES string of the molecule is CC#CCCOc1nc(-c2cc(F)cc(OCC(C)C)c2)ccc1C(=O)NS(=O)(=O)c1cccc(N)n1. The molecule has 37 heavy (non-hydrogen) atoms. The van der Waals surface area contributed by atoms with Crippen LogP contribution < -0.4 is 19.9 Å². The summed E-state index contributed by atoms with van der Waals surface area (Å²) < 4.78 is 52.9. The molecule has 0 unspecified atom stereocenters. The first-order valence-corrected chi connectivity index (χ1v) is 12.8. The van der Waals surface area contributed by atoms with Gasteiger partial charge in [-0.05, 0) is 49.2 Å². The smallest absolute Gasteiger partial charge is 0.281 e. The molecule has 194 valence electrons. The highest BCUT2D eigenvalue weighted by atomic mass is 32.2. The van der Waals surface area contributed by atoms with Gasteiger partial charge in [-0.1, -0.05) is 19.9 Å². The summed E-state index contributed by atoms with van der Waals surface area (Å²) in [5.74, 6) is 4.46.